The summed E-state index contributed by atoms with van der Waals surface area (Å²) in [6.45, 7) is 1.76. The lowest BCUT2D eigenvalue weighted by molar-refractivity contribution is 0.227. The zero-order chi connectivity index (χ0) is 7.28. The van der Waals surface area contributed by atoms with Crippen molar-refractivity contribution in [3.05, 3.63) is 23.7 Å². The molecule has 0 aliphatic carbocycles. The predicted molar refractivity (Wildman–Crippen MR) is 35.5 cm³/mol. The molecular weight excluding hydrogens is 118 g/mol. The van der Waals surface area contributed by atoms with Gasteiger partial charge < -0.3 is 16.3 Å². The zero-order valence-corrected chi connectivity index (χ0v) is 5.29. The molecule has 0 heterocycles. The molecule has 0 spiro atoms. The highest BCUT2D eigenvalue weighted by atomic mass is 16.6. The lowest BCUT2D eigenvalue weighted by Gasteiger charge is -2.01. The second-order valence-electron chi connectivity index (χ2n) is 1.39. The number of allylic oxidation sites excluding steroid dienone is 1. The minimum Gasteiger partial charge on any atom is -0.408 e. The second kappa shape index (κ2) is 3.80. The van der Waals surface area contributed by atoms with E-state index in [1.165, 1.54) is 6.20 Å². The maximum atomic E-state index is 5.35. The Labute approximate surface area is 53.9 Å². The number of hydrogen-bond donors (Lipinski definition) is 3. The number of rotatable bonds is 2. The normalized spacial score (nSPS) is 13.6. The summed E-state index contributed by atoms with van der Waals surface area (Å²) in [7, 11) is 0. The van der Waals surface area contributed by atoms with E-state index in [-0.39, 0.29) is 5.76 Å². The molecule has 0 amide bonds. The van der Waals surface area contributed by atoms with Crippen LogP contribution in [-0.4, -0.2) is 0 Å². The van der Waals surface area contributed by atoms with Gasteiger partial charge in [-0.15, -0.1) is 0 Å². The second-order valence-corrected chi connectivity index (χ2v) is 1.39. The van der Waals surface area contributed by atoms with Gasteiger partial charge in [0.25, 0.3) is 0 Å². The minimum absolute atomic E-state index is 0.289. The fourth-order valence-electron chi connectivity index (χ4n) is 0.346. The third kappa shape index (κ3) is 2.05. The summed E-state index contributed by atoms with van der Waals surface area (Å²) in [6, 6.07) is 0. The van der Waals surface area contributed by atoms with Gasteiger partial charge in [0.1, 0.15) is 0 Å². The number of hydrogen-bond acceptors (Lipinski definition) is 4. The van der Waals surface area contributed by atoms with Crippen molar-refractivity contribution >= 4 is 0 Å². The molecule has 0 atom stereocenters. The first-order valence-corrected chi connectivity index (χ1v) is 2.47. The van der Waals surface area contributed by atoms with E-state index < -0.39 is 0 Å². The fourth-order valence-corrected chi connectivity index (χ4v) is 0.346. The SMILES string of the molecule is C/C=C(N)\C(=C/N)ON. The van der Waals surface area contributed by atoms with Crippen LogP contribution < -0.4 is 17.4 Å². The quantitative estimate of drug-likeness (QED) is 0.267. The highest BCUT2D eigenvalue weighted by Crippen LogP contribution is 1.98. The van der Waals surface area contributed by atoms with Crippen molar-refractivity contribution in [2.75, 3.05) is 0 Å². The molecule has 4 nitrogen and oxygen atoms in total. The Morgan fingerprint density at radius 3 is 2.22 bits per heavy atom. The van der Waals surface area contributed by atoms with Crippen LogP contribution in [-0.2, 0) is 4.84 Å². The average Bonchev–Trinajstić information content (AvgIpc) is 1.90. The summed E-state index contributed by atoms with van der Waals surface area (Å²) in [4.78, 5) is 4.29. The van der Waals surface area contributed by atoms with Crippen LogP contribution in [0, 0.1) is 0 Å². The van der Waals surface area contributed by atoms with Crippen LogP contribution in [0.2, 0.25) is 0 Å². The van der Waals surface area contributed by atoms with Gasteiger partial charge in [0, 0.05) is 6.20 Å². The van der Waals surface area contributed by atoms with Crippen molar-refractivity contribution < 1.29 is 4.84 Å². The highest BCUT2D eigenvalue weighted by molar-refractivity contribution is 5.20. The molecule has 0 aliphatic rings. The maximum Gasteiger partial charge on any atom is 0.184 e. The average molecular weight is 129 g/mol. The molecule has 52 valence electrons. The first-order valence-electron chi connectivity index (χ1n) is 2.47. The van der Waals surface area contributed by atoms with Crippen molar-refractivity contribution in [1.82, 2.24) is 0 Å². The van der Waals surface area contributed by atoms with Gasteiger partial charge in [-0.2, -0.15) is 5.90 Å². The molecule has 0 saturated carbocycles. The highest BCUT2D eigenvalue weighted by Gasteiger charge is 1.95. The first kappa shape index (κ1) is 7.84. The topological polar surface area (TPSA) is 87.3 Å². The van der Waals surface area contributed by atoms with E-state index in [0.717, 1.165) is 0 Å². The van der Waals surface area contributed by atoms with Gasteiger partial charge in [-0.25, -0.2) is 0 Å². The van der Waals surface area contributed by atoms with Crippen molar-refractivity contribution in [2.24, 2.45) is 17.4 Å². The van der Waals surface area contributed by atoms with Crippen LogP contribution in [0.15, 0.2) is 23.7 Å². The number of nitrogens with two attached hydrogens (primary N) is 3. The summed E-state index contributed by atoms with van der Waals surface area (Å²) in [6.07, 6.45) is 2.85. The van der Waals surface area contributed by atoms with Crippen LogP contribution in [0.1, 0.15) is 6.92 Å². The molecular formula is C5H11N3O. The molecule has 0 rings (SSSR count). The van der Waals surface area contributed by atoms with E-state index in [4.69, 9.17) is 17.4 Å². The molecule has 0 bridgehead atoms. The molecule has 0 aromatic carbocycles. The van der Waals surface area contributed by atoms with E-state index in [1.54, 1.807) is 13.0 Å². The monoisotopic (exact) mass is 129 g/mol. The Hall–Kier alpha value is -1.16. The molecule has 4 heteroatoms. The molecule has 9 heavy (non-hydrogen) atoms. The molecule has 0 unspecified atom stereocenters. The maximum absolute atomic E-state index is 5.35. The standard InChI is InChI=1S/C5H11N3O/c1-2-4(7)5(3-6)9-8/h2-3H,6-8H2,1H3/b4-2+,5-3+. The Kier molecular flexibility index (Phi) is 3.31. The molecule has 0 aromatic rings. The lowest BCUT2D eigenvalue weighted by Crippen LogP contribution is -2.09. The summed E-state index contributed by atoms with van der Waals surface area (Å²) in [5, 5.41) is 0. The summed E-state index contributed by atoms with van der Waals surface area (Å²) >= 11 is 0. The predicted octanol–water partition coefficient (Wildman–Crippen LogP) is -0.461. The van der Waals surface area contributed by atoms with Gasteiger partial charge in [-0.1, -0.05) is 6.08 Å². The van der Waals surface area contributed by atoms with E-state index in [9.17, 15) is 0 Å². The summed E-state index contributed by atoms with van der Waals surface area (Å²) in [5.74, 6) is 5.08. The Bertz CT molecular complexity index is 139. The lowest BCUT2D eigenvalue weighted by atomic mass is 10.4. The third-order valence-electron chi connectivity index (χ3n) is 0.874. The van der Waals surface area contributed by atoms with Crippen LogP contribution in [0.3, 0.4) is 0 Å². The van der Waals surface area contributed by atoms with Crippen LogP contribution in [0.25, 0.3) is 0 Å². The molecule has 0 aromatic heterocycles. The van der Waals surface area contributed by atoms with Gasteiger partial charge in [-0.3, -0.25) is 0 Å². The van der Waals surface area contributed by atoms with Crippen LogP contribution in [0.5, 0.6) is 0 Å². The summed E-state index contributed by atoms with van der Waals surface area (Å²) in [5.41, 5.74) is 10.8. The van der Waals surface area contributed by atoms with Crippen molar-refractivity contribution in [2.45, 2.75) is 6.92 Å². The smallest absolute Gasteiger partial charge is 0.184 e. The van der Waals surface area contributed by atoms with E-state index in [2.05, 4.69) is 4.84 Å². The summed E-state index contributed by atoms with van der Waals surface area (Å²) < 4.78 is 0. The van der Waals surface area contributed by atoms with E-state index in [0.29, 0.717) is 5.70 Å². The molecule has 6 N–H and O–H groups in total. The van der Waals surface area contributed by atoms with Gasteiger partial charge in [0.15, 0.2) is 5.76 Å². The van der Waals surface area contributed by atoms with Gasteiger partial charge in [-0.05, 0) is 6.92 Å². The minimum atomic E-state index is 0.289. The van der Waals surface area contributed by atoms with E-state index in [1.807, 2.05) is 0 Å². The molecule has 0 fully saturated rings. The van der Waals surface area contributed by atoms with Gasteiger partial charge in [0.2, 0.25) is 0 Å². The Balaban J connectivity index is 4.14. The van der Waals surface area contributed by atoms with Gasteiger partial charge in [0.05, 0.1) is 5.70 Å². The molecule has 0 saturated heterocycles. The van der Waals surface area contributed by atoms with Crippen molar-refractivity contribution in [1.29, 1.82) is 0 Å². The fraction of sp³-hybridized carbons (Fsp3) is 0.200. The molecule has 0 aliphatic heterocycles. The molecule has 0 radical (unpaired) electrons. The van der Waals surface area contributed by atoms with E-state index >= 15 is 0 Å². The third-order valence-corrected chi connectivity index (χ3v) is 0.874. The first-order chi connectivity index (χ1) is 4.26. The van der Waals surface area contributed by atoms with Crippen molar-refractivity contribution in [3.63, 3.8) is 0 Å². The largest absolute Gasteiger partial charge is 0.408 e. The Morgan fingerprint density at radius 1 is 1.56 bits per heavy atom. The zero-order valence-electron chi connectivity index (χ0n) is 5.29. The van der Waals surface area contributed by atoms with Crippen LogP contribution in [0.4, 0.5) is 0 Å². The Morgan fingerprint density at radius 2 is 2.11 bits per heavy atom. The van der Waals surface area contributed by atoms with Gasteiger partial charge >= 0.3 is 0 Å². The van der Waals surface area contributed by atoms with Crippen LogP contribution >= 0.6 is 0 Å². The van der Waals surface area contributed by atoms with Crippen molar-refractivity contribution in [3.8, 4) is 0 Å².